The van der Waals surface area contributed by atoms with Crippen molar-refractivity contribution in [1.82, 2.24) is 5.32 Å². The van der Waals surface area contributed by atoms with E-state index in [1.165, 1.54) is 11.1 Å². The summed E-state index contributed by atoms with van der Waals surface area (Å²) in [4.78, 5) is 8.75. The number of guanidine groups is 1. The van der Waals surface area contributed by atoms with Crippen LogP contribution in [0.5, 0.6) is 0 Å². The van der Waals surface area contributed by atoms with E-state index < -0.39 is 6.04 Å². The Hall–Kier alpha value is -1.79. The summed E-state index contributed by atoms with van der Waals surface area (Å²) in [6, 6.07) is 7.74. The Morgan fingerprint density at radius 1 is 1.29 bits per heavy atom. The van der Waals surface area contributed by atoms with Crippen molar-refractivity contribution in [2.45, 2.75) is 25.0 Å². The largest absolute Gasteiger partial charge is 0.386 e. The topological polar surface area (TPSA) is 113 Å². The van der Waals surface area contributed by atoms with Crippen molar-refractivity contribution in [1.29, 1.82) is 5.41 Å². The first-order valence-corrected chi connectivity index (χ1v) is 6.24. The number of benzene rings is 1. The summed E-state index contributed by atoms with van der Waals surface area (Å²) in [7, 11) is 0. The Kier molecular flexibility index (Phi) is 5.57. The van der Waals surface area contributed by atoms with Gasteiger partial charge in [0, 0.05) is 5.71 Å². The number of hydrogen-bond donors (Lipinski definition) is 4. The van der Waals surface area contributed by atoms with Crippen molar-refractivity contribution < 1.29 is 0 Å². The van der Waals surface area contributed by atoms with Crippen molar-refractivity contribution in [2.75, 3.05) is 0 Å². The second kappa shape index (κ2) is 6.78. The maximum Gasteiger partial charge on any atom is 0.191 e. The highest BCUT2D eigenvalue weighted by atomic mass is 35.5. The summed E-state index contributed by atoms with van der Waals surface area (Å²) in [6.07, 6.45) is 1.55. The molecule has 2 atom stereocenters. The molecule has 0 bridgehead atoms. The summed E-state index contributed by atoms with van der Waals surface area (Å²) < 4.78 is 0. The first kappa shape index (κ1) is 17.3. The smallest absolute Gasteiger partial charge is 0.191 e. The van der Waals surface area contributed by atoms with Gasteiger partial charge in [0.2, 0.25) is 0 Å². The van der Waals surface area contributed by atoms with E-state index in [-0.39, 0.29) is 36.8 Å². The predicted octanol–water partition coefficient (Wildman–Crippen LogP) is 0.814. The summed E-state index contributed by atoms with van der Waals surface area (Å²) in [5.74, 6) is 0.273. The van der Waals surface area contributed by atoms with Crippen LogP contribution in [0.3, 0.4) is 0 Å². The SMILES string of the molecule is Cl.Cl.N=C(N)C1N=C(N)NC1N=C1CCc2ccccc21. The molecule has 1 aromatic carbocycles. The Balaban J connectivity index is 0.00000110. The number of nitrogens with two attached hydrogens (primary N) is 2. The van der Waals surface area contributed by atoms with Crippen molar-refractivity contribution in [3.8, 4) is 0 Å². The molecular formula is C13H18Cl2N6. The van der Waals surface area contributed by atoms with Crippen molar-refractivity contribution >= 4 is 42.3 Å². The molecule has 114 valence electrons. The number of rotatable bonds is 2. The molecule has 0 saturated heterocycles. The quantitative estimate of drug-likeness (QED) is 0.476. The van der Waals surface area contributed by atoms with Crippen LogP contribution in [0.25, 0.3) is 0 Å². The Morgan fingerprint density at radius 2 is 2.00 bits per heavy atom. The van der Waals surface area contributed by atoms with Gasteiger partial charge in [-0.25, -0.2) is 4.99 Å². The monoisotopic (exact) mass is 328 g/mol. The van der Waals surface area contributed by atoms with Gasteiger partial charge in [-0.15, -0.1) is 24.8 Å². The van der Waals surface area contributed by atoms with Crippen LogP contribution in [0.1, 0.15) is 17.5 Å². The zero-order valence-corrected chi connectivity index (χ0v) is 12.9. The summed E-state index contributed by atoms with van der Waals surface area (Å²) >= 11 is 0. The van der Waals surface area contributed by atoms with Gasteiger partial charge in [-0.2, -0.15) is 0 Å². The number of nitrogens with one attached hydrogen (secondary N) is 2. The molecule has 1 aromatic rings. The van der Waals surface area contributed by atoms with E-state index in [1.807, 2.05) is 12.1 Å². The van der Waals surface area contributed by atoms with Crippen LogP contribution < -0.4 is 16.8 Å². The van der Waals surface area contributed by atoms with Gasteiger partial charge in [-0.3, -0.25) is 10.4 Å². The minimum atomic E-state index is -0.500. The number of fused-ring (bicyclic) bond motifs is 1. The molecule has 0 amide bonds. The number of aryl methyl sites for hydroxylation is 1. The van der Waals surface area contributed by atoms with Gasteiger partial charge in [0.15, 0.2) is 18.2 Å². The number of aliphatic imine (C=N–C) groups is 2. The van der Waals surface area contributed by atoms with Gasteiger partial charge < -0.3 is 16.8 Å². The normalized spacial score (nSPS) is 24.4. The lowest BCUT2D eigenvalue weighted by molar-refractivity contribution is 0.631. The lowest BCUT2D eigenvalue weighted by Crippen LogP contribution is -2.41. The van der Waals surface area contributed by atoms with Gasteiger partial charge in [-0.1, -0.05) is 24.3 Å². The van der Waals surface area contributed by atoms with Crippen molar-refractivity contribution in [3.63, 3.8) is 0 Å². The molecule has 6 N–H and O–H groups in total. The Labute approximate surface area is 135 Å². The molecule has 0 radical (unpaired) electrons. The maximum atomic E-state index is 7.54. The molecule has 0 aromatic heterocycles. The third-order valence-corrected chi connectivity index (χ3v) is 3.45. The van der Waals surface area contributed by atoms with Gasteiger partial charge >= 0.3 is 0 Å². The second-order valence-corrected chi connectivity index (χ2v) is 4.74. The average Bonchev–Trinajstić information content (AvgIpc) is 2.95. The Bertz CT molecular complexity index is 598. The number of hydrogen-bond acceptors (Lipinski definition) is 5. The van der Waals surface area contributed by atoms with E-state index in [2.05, 4.69) is 27.4 Å². The van der Waals surface area contributed by atoms with Crippen LogP contribution in [-0.4, -0.2) is 29.7 Å². The zero-order valence-electron chi connectivity index (χ0n) is 11.2. The molecule has 2 aliphatic rings. The molecule has 8 heteroatoms. The molecule has 0 fully saturated rings. The fraction of sp³-hybridized carbons (Fsp3) is 0.308. The van der Waals surface area contributed by atoms with Crippen LogP contribution in [-0.2, 0) is 6.42 Å². The van der Waals surface area contributed by atoms with E-state index in [9.17, 15) is 0 Å². The first-order chi connectivity index (χ1) is 9.15. The van der Waals surface area contributed by atoms with Crippen molar-refractivity contribution in [2.24, 2.45) is 21.5 Å². The maximum absolute atomic E-state index is 7.54. The summed E-state index contributed by atoms with van der Waals surface area (Å²) in [6.45, 7) is 0. The van der Waals surface area contributed by atoms with Gasteiger partial charge in [0.25, 0.3) is 0 Å². The summed E-state index contributed by atoms with van der Waals surface area (Å²) in [5.41, 5.74) is 14.7. The molecule has 21 heavy (non-hydrogen) atoms. The van der Waals surface area contributed by atoms with E-state index in [4.69, 9.17) is 16.9 Å². The molecule has 3 rings (SSSR count). The minimum Gasteiger partial charge on any atom is -0.386 e. The first-order valence-electron chi connectivity index (χ1n) is 6.24. The van der Waals surface area contributed by atoms with Crippen LogP contribution in [0.15, 0.2) is 34.3 Å². The predicted molar refractivity (Wildman–Crippen MR) is 90.0 cm³/mol. The highest BCUT2D eigenvalue weighted by Crippen LogP contribution is 2.23. The molecule has 1 heterocycles. The fourth-order valence-corrected chi connectivity index (χ4v) is 2.54. The molecule has 1 aliphatic carbocycles. The van der Waals surface area contributed by atoms with Crippen LogP contribution in [0.4, 0.5) is 0 Å². The third kappa shape index (κ3) is 3.28. The molecule has 0 spiro atoms. The average molecular weight is 329 g/mol. The third-order valence-electron chi connectivity index (χ3n) is 3.45. The standard InChI is InChI=1S/C13H16N6.2ClH/c14-11(15)10-12(19-13(16)18-10)17-9-6-5-7-3-1-2-4-8(7)9;;/h1-4,10,12H,5-6H2,(H3,14,15)(H3,16,18,19);2*1H. The lowest BCUT2D eigenvalue weighted by Gasteiger charge is -2.14. The van der Waals surface area contributed by atoms with E-state index in [0.717, 1.165) is 18.6 Å². The van der Waals surface area contributed by atoms with E-state index in [0.29, 0.717) is 5.96 Å². The van der Waals surface area contributed by atoms with Crippen molar-refractivity contribution in [3.05, 3.63) is 35.4 Å². The van der Waals surface area contributed by atoms with Gasteiger partial charge in [0.1, 0.15) is 5.84 Å². The number of nitrogens with zero attached hydrogens (tertiary/aromatic N) is 2. The van der Waals surface area contributed by atoms with Crippen LogP contribution in [0, 0.1) is 5.41 Å². The lowest BCUT2D eigenvalue weighted by atomic mass is 10.1. The van der Waals surface area contributed by atoms with Crippen LogP contribution in [0.2, 0.25) is 0 Å². The number of amidine groups is 1. The zero-order chi connectivity index (χ0) is 13.4. The molecule has 6 nitrogen and oxygen atoms in total. The second-order valence-electron chi connectivity index (χ2n) is 4.74. The fourth-order valence-electron chi connectivity index (χ4n) is 2.54. The van der Waals surface area contributed by atoms with Gasteiger partial charge in [0.05, 0.1) is 0 Å². The van der Waals surface area contributed by atoms with Crippen LogP contribution >= 0.6 is 24.8 Å². The van der Waals surface area contributed by atoms with E-state index >= 15 is 0 Å². The number of halogens is 2. The Morgan fingerprint density at radius 3 is 2.71 bits per heavy atom. The minimum absolute atomic E-state index is 0. The summed E-state index contributed by atoms with van der Waals surface area (Å²) in [5, 5.41) is 10.5. The molecular weight excluding hydrogens is 311 g/mol. The van der Waals surface area contributed by atoms with Gasteiger partial charge in [-0.05, 0) is 24.0 Å². The molecule has 0 saturated carbocycles. The van der Waals surface area contributed by atoms with E-state index in [1.54, 1.807) is 0 Å². The highest BCUT2D eigenvalue weighted by Gasteiger charge is 2.30. The molecule has 1 aliphatic heterocycles. The highest BCUT2D eigenvalue weighted by molar-refractivity contribution is 6.05. The molecule has 2 unspecified atom stereocenters.